The summed E-state index contributed by atoms with van der Waals surface area (Å²) in [6.07, 6.45) is 3.26. The normalized spacial score (nSPS) is 10.7. The molecule has 5 heteroatoms. The highest BCUT2D eigenvalue weighted by Gasteiger charge is 2.02. The van der Waals surface area contributed by atoms with Gasteiger partial charge < -0.3 is 14.8 Å². The van der Waals surface area contributed by atoms with Gasteiger partial charge in [0.05, 0.1) is 0 Å². The zero-order valence-corrected chi connectivity index (χ0v) is 14.6. The van der Waals surface area contributed by atoms with E-state index >= 15 is 0 Å². The Kier molecular flexibility index (Phi) is 6.38. The number of amides is 1. The molecule has 0 atom stereocenters. The fourth-order valence-corrected chi connectivity index (χ4v) is 2.39. The molecule has 0 unspecified atom stereocenters. The van der Waals surface area contributed by atoms with Crippen LogP contribution in [0.1, 0.15) is 11.1 Å². The van der Waals surface area contributed by atoms with E-state index in [9.17, 15) is 4.79 Å². The zero-order chi connectivity index (χ0) is 16.7. The molecule has 1 N–H and O–H groups in total. The van der Waals surface area contributed by atoms with Crippen LogP contribution in [0.2, 0.25) is 0 Å². The number of hydrogen-bond donors (Lipinski definition) is 1. The van der Waals surface area contributed by atoms with Crippen LogP contribution in [0.15, 0.2) is 53.0 Å². The lowest BCUT2D eigenvalue weighted by Crippen LogP contribution is -2.08. The molecule has 2 aromatic carbocycles. The number of halogens is 1. The van der Waals surface area contributed by atoms with Crippen LogP contribution in [0.4, 0.5) is 5.69 Å². The molecule has 0 aliphatic heterocycles. The summed E-state index contributed by atoms with van der Waals surface area (Å²) in [6, 6.07) is 13.1. The summed E-state index contributed by atoms with van der Waals surface area (Å²) in [5.41, 5.74) is 2.71. The number of ether oxygens (including phenoxy) is 2. The first-order valence-electron chi connectivity index (χ1n) is 7.05. The number of benzene rings is 2. The third-order valence-electron chi connectivity index (χ3n) is 3.10. The summed E-state index contributed by atoms with van der Waals surface area (Å²) in [5.74, 6) is 0.550. The molecule has 0 aliphatic carbocycles. The number of anilines is 1. The molecule has 0 aliphatic rings. The lowest BCUT2D eigenvalue weighted by Gasteiger charge is -2.06. The first-order chi connectivity index (χ1) is 11.1. The van der Waals surface area contributed by atoms with Crippen LogP contribution in [0.3, 0.4) is 0 Å². The maximum Gasteiger partial charge on any atom is 0.248 e. The fraction of sp³-hybridized carbons (Fsp3) is 0.167. The molecule has 0 saturated heterocycles. The quantitative estimate of drug-likeness (QED) is 0.601. The first-order valence-corrected chi connectivity index (χ1v) is 7.85. The SMILES string of the molecule is COCOc1ccc(/C=C/C(=O)Nc2ccc(Br)cc2C)cc1. The Morgan fingerprint density at radius 2 is 1.96 bits per heavy atom. The fourth-order valence-electron chi connectivity index (χ4n) is 1.92. The molecule has 2 rings (SSSR count). The molecule has 23 heavy (non-hydrogen) atoms. The van der Waals surface area contributed by atoms with Gasteiger partial charge in [-0.2, -0.15) is 0 Å². The van der Waals surface area contributed by atoms with Crippen LogP contribution in [0.25, 0.3) is 6.08 Å². The van der Waals surface area contributed by atoms with Crippen molar-refractivity contribution in [2.45, 2.75) is 6.92 Å². The zero-order valence-electron chi connectivity index (χ0n) is 13.0. The van der Waals surface area contributed by atoms with E-state index in [4.69, 9.17) is 9.47 Å². The van der Waals surface area contributed by atoms with Crippen molar-refractivity contribution < 1.29 is 14.3 Å². The second-order valence-electron chi connectivity index (χ2n) is 4.90. The highest BCUT2D eigenvalue weighted by atomic mass is 79.9. The minimum absolute atomic E-state index is 0.171. The molecular formula is C18H18BrNO3. The van der Waals surface area contributed by atoms with E-state index in [2.05, 4.69) is 21.2 Å². The number of carbonyl (C=O) groups is 1. The Balaban J connectivity index is 1.95. The lowest BCUT2D eigenvalue weighted by atomic mass is 10.2. The molecule has 0 spiro atoms. The summed E-state index contributed by atoms with van der Waals surface area (Å²) < 4.78 is 11.1. The predicted molar refractivity (Wildman–Crippen MR) is 95.5 cm³/mol. The third-order valence-corrected chi connectivity index (χ3v) is 3.59. The Labute approximate surface area is 144 Å². The third kappa shape index (κ3) is 5.54. The molecule has 2 aromatic rings. The van der Waals surface area contributed by atoms with E-state index in [0.717, 1.165) is 27.0 Å². The van der Waals surface area contributed by atoms with Gasteiger partial charge >= 0.3 is 0 Å². The summed E-state index contributed by atoms with van der Waals surface area (Å²) >= 11 is 3.40. The Hall–Kier alpha value is -2.11. The molecule has 0 bridgehead atoms. The van der Waals surface area contributed by atoms with Gasteiger partial charge in [0.25, 0.3) is 0 Å². The van der Waals surface area contributed by atoms with Gasteiger partial charge in [-0.3, -0.25) is 4.79 Å². The average molecular weight is 376 g/mol. The monoisotopic (exact) mass is 375 g/mol. The van der Waals surface area contributed by atoms with Crippen molar-refractivity contribution in [3.8, 4) is 5.75 Å². The van der Waals surface area contributed by atoms with Crippen molar-refractivity contribution in [3.05, 3.63) is 64.1 Å². The highest BCUT2D eigenvalue weighted by molar-refractivity contribution is 9.10. The standard InChI is InChI=1S/C18H18BrNO3/c1-13-11-15(19)6-9-17(13)20-18(21)10-5-14-3-7-16(8-4-14)23-12-22-2/h3-11H,12H2,1-2H3,(H,20,21)/b10-5+. The summed E-state index contributed by atoms with van der Waals surface area (Å²) in [6.45, 7) is 2.16. The van der Waals surface area contributed by atoms with E-state index in [1.165, 1.54) is 6.08 Å². The second-order valence-corrected chi connectivity index (χ2v) is 5.82. The van der Waals surface area contributed by atoms with Gasteiger partial charge in [-0.1, -0.05) is 28.1 Å². The van der Waals surface area contributed by atoms with E-state index in [-0.39, 0.29) is 12.7 Å². The molecule has 1 amide bonds. The minimum Gasteiger partial charge on any atom is -0.468 e. The molecule has 0 fully saturated rings. The first kappa shape index (κ1) is 17.2. The number of hydrogen-bond acceptors (Lipinski definition) is 3. The topological polar surface area (TPSA) is 47.6 Å². The van der Waals surface area contributed by atoms with Gasteiger partial charge in [0, 0.05) is 23.3 Å². The van der Waals surface area contributed by atoms with Crippen LogP contribution in [-0.2, 0) is 9.53 Å². The van der Waals surface area contributed by atoms with Gasteiger partial charge in [-0.25, -0.2) is 0 Å². The molecule has 4 nitrogen and oxygen atoms in total. The van der Waals surface area contributed by atoms with Gasteiger partial charge in [0.15, 0.2) is 6.79 Å². The van der Waals surface area contributed by atoms with Crippen molar-refractivity contribution in [1.82, 2.24) is 0 Å². The minimum atomic E-state index is -0.171. The smallest absolute Gasteiger partial charge is 0.248 e. The molecule has 0 saturated carbocycles. The Bertz CT molecular complexity index is 696. The van der Waals surface area contributed by atoms with E-state index in [1.807, 2.05) is 49.4 Å². The van der Waals surface area contributed by atoms with E-state index in [0.29, 0.717) is 0 Å². The van der Waals surface area contributed by atoms with Crippen LogP contribution in [0.5, 0.6) is 5.75 Å². The molecule has 0 heterocycles. The van der Waals surface area contributed by atoms with Gasteiger partial charge in [0.1, 0.15) is 5.75 Å². The lowest BCUT2D eigenvalue weighted by molar-refractivity contribution is -0.111. The van der Waals surface area contributed by atoms with Crippen LogP contribution < -0.4 is 10.1 Å². The van der Waals surface area contributed by atoms with Gasteiger partial charge in [0.2, 0.25) is 5.91 Å². The molecule has 0 radical (unpaired) electrons. The second kappa shape index (κ2) is 8.50. The number of rotatable bonds is 6. The van der Waals surface area contributed by atoms with Crippen molar-refractivity contribution in [3.63, 3.8) is 0 Å². The van der Waals surface area contributed by atoms with Gasteiger partial charge in [-0.05, 0) is 54.5 Å². The highest BCUT2D eigenvalue weighted by Crippen LogP contribution is 2.20. The van der Waals surface area contributed by atoms with Crippen molar-refractivity contribution in [1.29, 1.82) is 0 Å². The number of methoxy groups -OCH3 is 1. The Morgan fingerprint density at radius 1 is 1.22 bits per heavy atom. The predicted octanol–water partition coefficient (Wildman–Crippen LogP) is 4.39. The van der Waals surface area contributed by atoms with E-state index in [1.54, 1.807) is 13.2 Å². The Morgan fingerprint density at radius 3 is 2.61 bits per heavy atom. The van der Waals surface area contributed by atoms with Crippen LogP contribution in [0, 0.1) is 6.92 Å². The average Bonchev–Trinajstić information content (AvgIpc) is 2.54. The number of nitrogens with one attached hydrogen (secondary N) is 1. The van der Waals surface area contributed by atoms with Crippen molar-refractivity contribution in [2.75, 3.05) is 19.2 Å². The van der Waals surface area contributed by atoms with Crippen molar-refractivity contribution in [2.24, 2.45) is 0 Å². The van der Waals surface area contributed by atoms with Crippen molar-refractivity contribution >= 4 is 33.6 Å². The van der Waals surface area contributed by atoms with Crippen LogP contribution >= 0.6 is 15.9 Å². The maximum absolute atomic E-state index is 12.0. The number of aryl methyl sites for hydroxylation is 1. The summed E-state index contributed by atoms with van der Waals surface area (Å²) in [7, 11) is 1.57. The van der Waals surface area contributed by atoms with Gasteiger partial charge in [-0.15, -0.1) is 0 Å². The number of carbonyl (C=O) groups excluding carboxylic acids is 1. The maximum atomic E-state index is 12.0. The van der Waals surface area contributed by atoms with E-state index < -0.39 is 0 Å². The molecule has 120 valence electrons. The van der Waals surface area contributed by atoms with Crippen LogP contribution in [-0.4, -0.2) is 19.8 Å². The summed E-state index contributed by atoms with van der Waals surface area (Å²) in [5, 5.41) is 2.86. The summed E-state index contributed by atoms with van der Waals surface area (Å²) in [4.78, 5) is 12.0. The largest absolute Gasteiger partial charge is 0.468 e. The molecule has 0 aromatic heterocycles. The molecular weight excluding hydrogens is 358 g/mol.